The van der Waals surface area contributed by atoms with E-state index in [1.165, 1.54) is 18.2 Å². The van der Waals surface area contributed by atoms with Crippen LogP contribution in [0.4, 0.5) is 4.39 Å². The lowest BCUT2D eigenvalue weighted by molar-refractivity contribution is -0.129. The van der Waals surface area contributed by atoms with Gasteiger partial charge in [-0.1, -0.05) is 19.1 Å². The van der Waals surface area contributed by atoms with Gasteiger partial charge in [0.2, 0.25) is 0 Å². The highest BCUT2D eigenvalue weighted by molar-refractivity contribution is 7.11. The Hall–Kier alpha value is -1.79. The molecule has 6 heteroatoms. The molecule has 1 atom stereocenters. The first-order valence-electron chi connectivity index (χ1n) is 7.17. The van der Waals surface area contributed by atoms with E-state index in [1.54, 1.807) is 11.3 Å². The molecule has 0 saturated carbocycles. The van der Waals surface area contributed by atoms with Crippen LogP contribution >= 0.6 is 11.3 Å². The lowest BCUT2D eigenvalue weighted by Gasteiger charge is -2.11. The minimum Gasteiger partial charge on any atom is -0.378 e. The van der Waals surface area contributed by atoms with E-state index in [0.717, 1.165) is 34.5 Å². The summed E-state index contributed by atoms with van der Waals surface area (Å²) < 4.78 is 13.1. The van der Waals surface area contributed by atoms with Gasteiger partial charge >= 0.3 is 0 Å². The van der Waals surface area contributed by atoms with Crippen molar-refractivity contribution >= 4 is 17.2 Å². The summed E-state index contributed by atoms with van der Waals surface area (Å²) in [5, 5.41) is 13.7. The molecular weight excluding hydrogens is 303 g/mol. The van der Waals surface area contributed by atoms with Gasteiger partial charge in [0.25, 0.3) is 5.91 Å². The van der Waals surface area contributed by atoms with Gasteiger partial charge in [-0.05, 0) is 37.5 Å². The molecule has 2 N–H and O–H groups in total. The summed E-state index contributed by atoms with van der Waals surface area (Å²) in [4.78, 5) is 17.4. The van der Waals surface area contributed by atoms with E-state index in [1.807, 2.05) is 6.92 Å². The summed E-state index contributed by atoms with van der Waals surface area (Å²) in [6, 6.07) is 5.40. The molecule has 0 fully saturated rings. The van der Waals surface area contributed by atoms with Crippen molar-refractivity contribution in [3.63, 3.8) is 0 Å². The quantitative estimate of drug-likeness (QED) is 0.859. The van der Waals surface area contributed by atoms with Gasteiger partial charge in [0, 0.05) is 4.88 Å². The molecule has 1 heterocycles. The van der Waals surface area contributed by atoms with Gasteiger partial charge in [0.1, 0.15) is 5.82 Å². The Morgan fingerprint density at radius 1 is 1.50 bits per heavy atom. The van der Waals surface area contributed by atoms with Gasteiger partial charge in [-0.15, -0.1) is 11.3 Å². The number of thiazole rings is 1. The molecule has 0 aliphatic heterocycles. The fourth-order valence-corrected chi connectivity index (χ4v) is 3.18. The molecule has 0 aliphatic carbocycles. The van der Waals surface area contributed by atoms with E-state index in [2.05, 4.69) is 17.2 Å². The number of aliphatic hydroxyl groups is 1. The molecule has 1 aromatic carbocycles. The highest BCUT2D eigenvalue weighted by Gasteiger charge is 2.18. The number of benzene rings is 1. The number of hydrogen-bond donors (Lipinski definition) is 2. The number of nitrogens with one attached hydrogen (secondary N) is 1. The van der Waals surface area contributed by atoms with Crippen LogP contribution in [0.25, 0.3) is 0 Å². The van der Waals surface area contributed by atoms with Crippen LogP contribution in [0.2, 0.25) is 0 Å². The third-order valence-electron chi connectivity index (χ3n) is 3.24. The van der Waals surface area contributed by atoms with Crippen LogP contribution in [-0.2, 0) is 17.8 Å². The summed E-state index contributed by atoms with van der Waals surface area (Å²) >= 11 is 1.57. The largest absolute Gasteiger partial charge is 0.378 e. The molecule has 0 aliphatic rings. The number of amides is 1. The smallest absolute Gasteiger partial charge is 0.253 e. The molecule has 2 aromatic rings. The average molecular weight is 322 g/mol. The van der Waals surface area contributed by atoms with Crippen LogP contribution in [0.15, 0.2) is 24.3 Å². The number of halogens is 1. The number of carbonyl (C=O) groups excluding carboxylic acids is 1. The number of aryl methyl sites for hydroxylation is 2. The lowest BCUT2D eigenvalue weighted by Crippen LogP contribution is -2.28. The van der Waals surface area contributed by atoms with Crippen molar-refractivity contribution in [2.75, 3.05) is 0 Å². The normalized spacial score (nSPS) is 12.2. The molecule has 118 valence electrons. The van der Waals surface area contributed by atoms with Crippen molar-refractivity contribution in [3.05, 3.63) is 51.2 Å². The first-order chi connectivity index (χ1) is 10.5. The first kappa shape index (κ1) is 16.6. The maximum atomic E-state index is 13.1. The van der Waals surface area contributed by atoms with Crippen molar-refractivity contribution in [1.29, 1.82) is 0 Å². The van der Waals surface area contributed by atoms with Crippen LogP contribution in [0.3, 0.4) is 0 Å². The lowest BCUT2D eigenvalue weighted by atomic mass is 10.1. The van der Waals surface area contributed by atoms with E-state index in [-0.39, 0.29) is 5.56 Å². The van der Waals surface area contributed by atoms with Gasteiger partial charge in [0.05, 0.1) is 17.2 Å². The zero-order valence-corrected chi connectivity index (χ0v) is 13.4. The molecule has 1 amide bonds. The number of aliphatic hydroxyl groups excluding tert-OH is 1. The molecule has 0 radical (unpaired) electrons. The van der Waals surface area contributed by atoms with E-state index in [0.29, 0.717) is 6.54 Å². The Morgan fingerprint density at radius 3 is 2.95 bits per heavy atom. The van der Waals surface area contributed by atoms with Crippen LogP contribution in [-0.4, -0.2) is 16.0 Å². The maximum Gasteiger partial charge on any atom is 0.253 e. The zero-order chi connectivity index (χ0) is 16.1. The van der Waals surface area contributed by atoms with Crippen LogP contribution < -0.4 is 5.32 Å². The van der Waals surface area contributed by atoms with Gasteiger partial charge < -0.3 is 10.4 Å². The summed E-state index contributed by atoms with van der Waals surface area (Å²) in [6.07, 6.45) is 0.571. The average Bonchev–Trinajstić information content (AvgIpc) is 2.84. The predicted molar refractivity (Wildman–Crippen MR) is 84.1 cm³/mol. The Labute approximate surface area is 133 Å². The van der Waals surface area contributed by atoms with Gasteiger partial charge in [0.15, 0.2) is 6.10 Å². The zero-order valence-electron chi connectivity index (χ0n) is 12.6. The molecule has 0 saturated heterocycles. The Morgan fingerprint density at radius 2 is 2.27 bits per heavy atom. The number of rotatable bonds is 6. The van der Waals surface area contributed by atoms with Crippen molar-refractivity contribution in [3.8, 4) is 0 Å². The third-order valence-corrected chi connectivity index (χ3v) is 4.45. The first-order valence-corrected chi connectivity index (χ1v) is 7.99. The number of aromatic nitrogens is 1. The highest BCUT2D eigenvalue weighted by Crippen LogP contribution is 2.20. The SMILES string of the molecule is CCCc1nc(C)c(CNC(=O)C(O)c2cccc(F)c2)s1. The second kappa shape index (κ2) is 7.47. The number of nitrogens with zero attached hydrogens (tertiary/aromatic N) is 1. The third kappa shape index (κ3) is 4.11. The van der Waals surface area contributed by atoms with Gasteiger partial charge in [-0.3, -0.25) is 4.79 Å². The molecule has 0 spiro atoms. The molecule has 1 unspecified atom stereocenters. The number of carbonyl (C=O) groups is 1. The van der Waals surface area contributed by atoms with Gasteiger partial charge in [-0.2, -0.15) is 0 Å². The summed E-state index contributed by atoms with van der Waals surface area (Å²) in [5.74, 6) is -1.03. The van der Waals surface area contributed by atoms with Crippen molar-refractivity contribution in [2.24, 2.45) is 0 Å². The van der Waals surface area contributed by atoms with E-state index >= 15 is 0 Å². The van der Waals surface area contributed by atoms with E-state index in [4.69, 9.17) is 0 Å². The molecule has 1 aromatic heterocycles. The molecule has 4 nitrogen and oxygen atoms in total. The second-order valence-electron chi connectivity index (χ2n) is 5.04. The second-order valence-corrected chi connectivity index (χ2v) is 6.21. The molecule has 2 rings (SSSR count). The number of hydrogen-bond acceptors (Lipinski definition) is 4. The van der Waals surface area contributed by atoms with Crippen molar-refractivity contribution < 1.29 is 14.3 Å². The van der Waals surface area contributed by atoms with Crippen LogP contribution in [0.5, 0.6) is 0 Å². The topological polar surface area (TPSA) is 62.2 Å². The monoisotopic (exact) mass is 322 g/mol. The minimum absolute atomic E-state index is 0.241. The highest BCUT2D eigenvalue weighted by atomic mass is 32.1. The van der Waals surface area contributed by atoms with Crippen molar-refractivity contribution in [1.82, 2.24) is 10.3 Å². The fourth-order valence-electron chi connectivity index (χ4n) is 2.07. The maximum absolute atomic E-state index is 13.1. The Balaban J connectivity index is 1.97. The summed E-state index contributed by atoms with van der Waals surface area (Å²) in [5.41, 5.74) is 1.14. The molecule has 0 bridgehead atoms. The predicted octanol–water partition coefficient (Wildman–Crippen LogP) is 2.89. The standard InChI is InChI=1S/C16H19FN2O2S/c1-3-5-14-19-10(2)13(22-14)9-18-16(21)15(20)11-6-4-7-12(17)8-11/h4,6-8,15,20H,3,5,9H2,1-2H3,(H,18,21). The Kier molecular flexibility index (Phi) is 5.63. The van der Waals surface area contributed by atoms with Crippen LogP contribution in [0.1, 0.15) is 40.6 Å². The van der Waals surface area contributed by atoms with Crippen LogP contribution in [0, 0.1) is 12.7 Å². The Bertz CT molecular complexity index is 657. The van der Waals surface area contributed by atoms with E-state index < -0.39 is 17.8 Å². The van der Waals surface area contributed by atoms with Gasteiger partial charge in [-0.25, -0.2) is 9.37 Å². The fraction of sp³-hybridized carbons (Fsp3) is 0.375. The minimum atomic E-state index is -1.38. The molecule has 22 heavy (non-hydrogen) atoms. The summed E-state index contributed by atoms with van der Waals surface area (Å²) in [6.45, 7) is 4.31. The molecular formula is C16H19FN2O2S. The van der Waals surface area contributed by atoms with E-state index in [9.17, 15) is 14.3 Å². The van der Waals surface area contributed by atoms with Crippen molar-refractivity contribution in [2.45, 2.75) is 39.3 Å². The summed E-state index contributed by atoms with van der Waals surface area (Å²) in [7, 11) is 0.